The van der Waals surface area contributed by atoms with Gasteiger partial charge in [-0.15, -0.1) is 0 Å². The molecular formula is C12H11FN2O2S. The molecule has 2 aromatic rings. The van der Waals surface area contributed by atoms with E-state index in [9.17, 15) is 9.18 Å². The molecule has 0 fully saturated rings. The molecule has 1 heterocycles. The number of amides is 1. The van der Waals surface area contributed by atoms with Crippen LogP contribution in [-0.2, 0) is 0 Å². The van der Waals surface area contributed by atoms with E-state index < -0.39 is 0 Å². The van der Waals surface area contributed by atoms with Crippen LogP contribution in [0.15, 0.2) is 35.1 Å². The molecule has 0 atom stereocenters. The molecular weight excluding hydrogens is 255 g/mol. The molecule has 94 valence electrons. The van der Waals surface area contributed by atoms with Crippen molar-refractivity contribution >= 4 is 18.5 Å². The minimum Gasteiger partial charge on any atom is -0.443 e. The number of carbonyl (C=O) groups excluding carboxylic acids is 1. The molecule has 0 unspecified atom stereocenters. The van der Waals surface area contributed by atoms with E-state index in [4.69, 9.17) is 4.42 Å². The summed E-state index contributed by atoms with van der Waals surface area (Å²) in [5.41, 5.74) is 0.785. The van der Waals surface area contributed by atoms with Crippen LogP contribution < -0.4 is 5.32 Å². The fraction of sp³-hybridized carbons (Fsp3) is 0.167. The minimum absolute atomic E-state index is 0.184. The van der Waals surface area contributed by atoms with Gasteiger partial charge in [0.05, 0.1) is 0 Å². The number of carbonyl (C=O) groups is 1. The number of rotatable bonds is 4. The SMILES string of the molecule is O=C(NCCS)c1ncoc1-c1ccc(F)cc1. The topological polar surface area (TPSA) is 55.1 Å². The first-order valence-electron chi connectivity index (χ1n) is 5.31. The Morgan fingerprint density at radius 2 is 2.11 bits per heavy atom. The highest BCUT2D eigenvalue weighted by Crippen LogP contribution is 2.23. The Morgan fingerprint density at radius 1 is 1.39 bits per heavy atom. The molecule has 0 aliphatic heterocycles. The molecule has 6 heteroatoms. The first kappa shape index (κ1) is 12.6. The number of thiol groups is 1. The molecule has 0 aliphatic carbocycles. The fourth-order valence-corrected chi connectivity index (χ4v) is 1.58. The number of benzene rings is 1. The summed E-state index contributed by atoms with van der Waals surface area (Å²) in [4.78, 5) is 15.7. The summed E-state index contributed by atoms with van der Waals surface area (Å²) in [7, 11) is 0. The van der Waals surface area contributed by atoms with Crippen molar-refractivity contribution in [1.29, 1.82) is 0 Å². The third kappa shape index (κ3) is 2.70. The smallest absolute Gasteiger partial charge is 0.273 e. The van der Waals surface area contributed by atoms with Crippen molar-refractivity contribution in [3.05, 3.63) is 42.2 Å². The van der Waals surface area contributed by atoms with Crippen LogP contribution in [0, 0.1) is 5.82 Å². The predicted molar refractivity (Wildman–Crippen MR) is 68.1 cm³/mol. The zero-order valence-corrected chi connectivity index (χ0v) is 10.3. The Balaban J connectivity index is 2.27. The van der Waals surface area contributed by atoms with Crippen LogP contribution in [-0.4, -0.2) is 23.2 Å². The zero-order chi connectivity index (χ0) is 13.0. The molecule has 0 saturated heterocycles. The summed E-state index contributed by atoms with van der Waals surface area (Å²) in [6.45, 7) is 0.442. The van der Waals surface area contributed by atoms with Gasteiger partial charge in [-0.2, -0.15) is 12.6 Å². The number of nitrogens with zero attached hydrogens (tertiary/aromatic N) is 1. The molecule has 1 N–H and O–H groups in total. The van der Waals surface area contributed by atoms with Gasteiger partial charge in [0.2, 0.25) is 0 Å². The van der Waals surface area contributed by atoms with Gasteiger partial charge in [-0.25, -0.2) is 9.37 Å². The van der Waals surface area contributed by atoms with Gasteiger partial charge in [-0.3, -0.25) is 4.79 Å². The Bertz CT molecular complexity index is 539. The lowest BCUT2D eigenvalue weighted by Gasteiger charge is -2.02. The molecule has 1 amide bonds. The van der Waals surface area contributed by atoms with Crippen LogP contribution in [0.4, 0.5) is 4.39 Å². The number of aromatic nitrogens is 1. The summed E-state index contributed by atoms with van der Waals surface area (Å²) >= 11 is 4.00. The molecule has 4 nitrogen and oxygen atoms in total. The quantitative estimate of drug-likeness (QED) is 0.834. The number of halogens is 1. The van der Waals surface area contributed by atoms with Crippen molar-refractivity contribution in [2.75, 3.05) is 12.3 Å². The van der Waals surface area contributed by atoms with Crippen LogP contribution >= 0.6 is 12.6 Å². The lowest BCUT2D eigenvalue weighted by molar-refractivity contribution is 0.0952. The number of oxazole rings is 1. The van der Waals surface area contributed by atoms with Crippen molar-refractivity contribution in [2.24, 2.45) is 0 Å². The van der Waals surface area contributed by atoms with E-state index in [-0.39, 0.29) is 17.4 Å². The highest BCUT2D eigenvalue weighted by Gasteiger charge is 2.17. The molecule has 0 radical (unpaired) electrons. The summed E-state index contributed by atoms with van der Waals surface area (Å²) in [5, 5.41) is 2.64. The van der Waals surface area contributed by atoms with Crippen LogP contribution in [0.1, 0.15) is 10.5 Å². The zero-order valence-electron chi connectivity index (χ0n) is 9.39. The molecule has 0 aliphatic rings. The van der Waals surface area contributed by atoms with E-state index in [0.717, 1.165) is 0 Å². The summed E-state index contributed by atoms with van der Waals surface area (Å²) < 4.78 is 18.0. The van der Waals surface area contributed by atoms with E-state index >= 15 is 0 Å². The normalized spacial score (nSPS) is 10.3. The van der Waals surface area contributed by atoms with Crippen LogP contribution in [0.2, 0.25) is 0 Å². The molecule has 2 rings (SSSR count). The first-order valence-corrected chi connectivity index (χ1v) is 5.94. The Labute approximate surface area is 109 Å². The van der Waals surface area contributed by atoms with Gasteiger partial charge >= 0.3 is 0 Å². The fourth-order valence-electron chi connectivity index (χ4n) is 1.47. The summed E-state index contributed by atoms with van der Waals surface area (Å²) in [5.74, 6) is 0.179. The maximum atomic E-state index is 12.8. The highest BCUT2D eigenvalue weighted by molar-refractivity contribution is 7.80. The maximum Gasteiger partial charge on any atom is 0.273 e. The summed E-state index contributed by atoms with van der Waals surface area (Å²) in [6.07, 6.45) is 1.19. The van der Waals surface area contributed by atoms with Crippen molar-refractivity contribution in [2.45, 2.75) is 0 Å². The Morgan fingerprint density at radius 3 is 2.78 bits per heavy atom. The average Bonchev–Trinajstić information content (AvgIpc) is 2.86. The second kappa shape index (κ2) is 5.68. The van der Waals surface area contributed by atoms with Gasteiger partial charge in [0.1, 0.15) is 5.82 Å². The lowest BCUT2D eigenvalue weighted by Crippen LogP contribution is -2.26. The van der Waals surface area contributed by atoms with Gasteiger partial charge in [-0.05, 0) is 24.3 Å². The van der Waals surface area contributed by atoms with E-state index in [1.807, 2.05) is 0 Å². The molecule has 0 bridgehead atoms. The third-order valence-corrected chi connectivity index (χ3v) is 2.51. The molecule has 18 heavy (non-hydrogen) atoms. The molecule has 1 aromatic heterocycles. The van der Waals surface area contributed by atoms with Crippen molar-refractivity contribution in [3.8, 4) is 11.3 Å². The highest BCUT2D eigenvalue weighted by atomic mass is 32.1. The standard InChI is InChI=1S/C12H11FN2O2S/c13-9-3-1-8(2-4-9)11-10(15-7-17-11)12(16)14-5-6-18/h1-4,7,18H,5-6H2,(H,14,16). The van der Waals surface area contributed by atoms with Crippen LogP contribution in [0.5, 0.6) is 0 Å². The Hall–Kier alpha value is -1.82. The van der Waals surface area contributed by atoms with Crippen LogP contribution in [0.3, 0.4) is 0 Å². The molecule has 0 spiro atoms. The minimum atomic E-state index is -0.348. The van der Waals surface area contributed by atoms with Gasteiger partial charge in [0, 0.05) is 17.9 Å². The Kier molecular flexibility index (Phi) is 3.99. The molecule has 0 saturated carbocycles. The second-order valence-electron chi connectivity index (χ2n) is 3.52. The third-order valence-electron chi connectivity index (χ3n) is 2.29. The predicted octanol–water partition coefficient (Wildman–Crippen LogP) is 2.14. The number of hydrogen-bond donors (Lipinski definition) is 2. The largest absolute Gasteiger partial charge is 0.443 e. The van der Waals surface area contributed by atoms with E-state index in [2.05, 4.69) is 22.9 Å². The van der Waals surface area contributed by atoms with E-state index in [1.165, 1.54) is 30.7 Å². The van der Waals surface area contributed by atoms with Crippen molar-refractivity contribution in [1.82, 2.24) is 10.3 Å². The first-order chi connectivity index (χ1) is 8.72. The number of nitrogens with one attached hydrogen (secondary N) is 1. The second-order valence-corrected chi connectivity index (χ2v) is 3.96. The van der Waals surface area contributed by atoms with E-state index in [1.54, 1.807) is 0 Å². The lowest BCUT2D eigenvalue weighted by atomic mass is 10.1. The van der Waals surface area contributed by atoms with Gasteiger partial charge in [0.25, 0.3) is 5.91 Å². The van der Waals surface area contributed by atoms with Crippen molar-refractivity contribution in [3.63, 3.8) is 0 Å². The van der Waals surface area contributed by atoms with E-state index in [0.29, 0.717) is 23.6 Å². The van der Waals surface area contributed by atoms with Gasteiger partial charge in [0.15, 0.2) is 17.8 Å². The average molecular weight is 266 g/mol. The monoisotopic (exact) mass is 266 g/mol. The van der Waals surface area contributed by atoms with Gasteiger partial charge in [-0.1, -0.05) is 0 Å². The van der Waals surface area contributed by atoms with Crippen LogP contribution in [0.25, 0.3) is 11.3 Å². The van der Waals surface area contributed by atoms with Gasteiger partial charge < -0.3 is 9.73 Å². The van der Waals surface area contributed by atoms with Crippen molar-refractivity contribution < 1.29 is 13.6 Å². The molecule has 1 aromatic carbocycles. The number of hydrogen-bond acceptors (Lipinski definition) is 4. The maximum absolute atomic E-state index is 12.8. The summed E-state index contributed by atoms with van der Waals surface area (Å²) in [6, 6.07) is 5.66.